The molecule has 0 bridgehead atoms. The Balaban J connectivity index is 2.07. The molecule has 17 heavy (non-hydrogen) atoms. The molecule has 0 fully saturated rings. The van der Waals surface area contributed by atoms with Gasteiger partial charge in [-0.3, -0.25) is 0 Å². The number of benzene rings is 1. The van der Waals surface area contributed by atoms with Crippen LogP contribution in [-0.4, -0.2) is 9.97 Å². The van der Waals surface area contributed by atoms with Gasteiger partial charge in [-0.2, -0.15) is 0 Å². The molecule has 0 saturated carbocycles. The van der Waals surface area contributed by atoms with Gasteiger partial charge in [-0.05, 0) is 23.8 Å². The molecule has 0 aliphatic heterocycles. The highest BCUT2D eigenvalue weighted by molar-refractivity contribution is 7.98. The minimum Gasteiger partial charge on any atom is -0.300 e. The highest BCUT2D eigenvalue weighted by Gasteiger charge is 2.01. The van der Waals surface area contributed by atoms with Gasteiger partial charge in [0.15, 0.2) is 0 Å². The molecule has 2 rings (SSSR count). The van der Waals surface area contributed by atoms with Crippen LogP contribution < -0.4 is 5.69 Å². The first-order valence-corrected chi connectivity index (χ1v) is 6.51. The van der Waals surface area contributed by atoms with Crippen LogP contribution in [0.4, 0.5) is 0 Å². The van der Waals surface area contributed by atoms with Crippen LogP contribution in [0.1, 0.15) is 5.56 Å². The van der Waals surface area contributed by atoms with Crippen LogP contribution in [0.2, 0.25) is 10.0 Å². The lowest BCUT2D eigenvalue weighted by Gasteiger charge is -2.03. The smallest absolute Gasteiger partial charge is 0.300 e. The maximum absolute atomic E-state index is 11.0. The first-order chi connectivity index (χ1) is 8.15. The van der Waals surface area contributed by atoms with Crippen LogP contribution in [0, 0.1) is 0 Å². The molecule has 3 nitrogen and oxygen atoms in total. The third-order valence-corrected chi connectivity index (χ3v) is 3.79. The lowest BCUT2D eigenvalue weighted by atomic mass is 10.2. The molecule has 88 valence electrons. The van der Waals surface area contributed by atoms with Gasteiger partial charge in [0, 0.05) is 11.9 Å². The first-order valence-electron chi connectivity index (χ1n) is 4.77. The van der Waals surface area contributed by atoms with Crippen molar-refractivity contribution in [2.24, 2.45) is 0 Å². The first kappa shape index (κ1) is 12.5. The van der Waals surface area contributed by atoms with Gasteiger partial charge in [0.05, 0.1) is 15.1 Å². The Hall–Kier alpha value is -0.970. The van der Waals surface area contributed by atoms with Gasteiger partial charge in [0.25, 0.3) is 0 Å². The summed E-state index contributed by atoms with van der Waals surface area (Å²) in [6, 6.07) is 7.23. The number of aromatic amines is 1. The minimum absolute atomic E-state index is 0.343. The van der Waals surface area contributed by atoms with E-state index >= 15 is 0 Å². The van der Waals surface area contributed by atoms with Gasteiger partial charge < -0.3 is 4.98 Å². The van der Waals surface area contributed by atoms with Crippen LogP contribution in [0.15, 0.2) is 40.3 Å². The molecule has 0 atom stereocenters. The second-order valence-corrected chi connectivity index (χ2v) is 5.11. The zero-order chi connectivity index (χ0) is 12.3. The van der Waals surface area contributed by atoms with E-state index < -0.39 is 0 Å². The van der Waals surface area contributed by atoms with Crippen molar-refractivity contribution in [2.45, 2.75) is 10.8 Å². The summed E-state index contributed by atoms with van der Waals surface area (Å²) >= 11 is 13.2. The number of thioether (sulfide) groups is 1. The van der Waals surface area contributed by atoms with Crippen molar-refractivity contribution in [3.8, 4) is 0 Å². The van der Waals surface area contributed by atoms with Crippen molar-refractivity contribution >= 4 is 35.0 Å². The molecule has 0 saturated heterocycles. The molecule has 0 spiro atoms. The summed E-state index contributed by atoms with van der Waals surface area (Å²) in [4.78, 5) is 17.2. The third kappa shape index (κ3) is 3.49. The third-order valence-electron chi connectivity index (χ3n) is 2.03. The van der Waals surface area contributed by atoms with Gasteiger partial charge in [-0.15, -0.1) is 11.8 Å². The van der Waals surface area contributed by atoms with Crippen LogP contribution in [0.3, 0.4) is 0 Å². The molecular weight excluding hydrogens is 279 g/mol. The molecule has 1 heterocycles. The number of nitrogens with one attached hydrogen (secondary N) is 1. The summed E-state index contributed by atoms with van der Waals surface area (Å²) in [5, 5.41) is 1.85. The second kappa shape index (κ2) is 5.58. The number of rotatable bonds is 3. The molecular formula is C11H8Cl2N2OS. The van der Waals surface area contributed by atoms with Crippen molar-refractivity contribution in [3.63, 3.8) is 0 Å². The average molecular weight is 287 g/mol. The predicted octanol–water partition coefficient (Wildman–Crippen LogP) is 3.37. The van der Waals surface area contributed by atoms with Gasteiger partial charge in [-0.1, -0.05) is 29.3 Å². The Bertz CT molecular complexity index is 586. The standard InChI is InChI=1S/C11H8Cl2N2OS/c12-8-2-1-7(5-9(8)13)6-17-10-3-4-14-11(16)15-10/h1-5H,6H2,(H,14,15,16). The van der Waals surface area contributed by atoms with E-state index in [4.69, 9.17) is 23.2 Å². The average Bonchev–Trinajstić information content (AvgIpc) is 2.31. The van der Waals surface area contributed by atoms with E-state index in [-0.39, 0.29) is 5.69 Å². The summed E-state index contributed by atoms with van der Waals surface area (Å²) < 4.78 is 0. The number of aromatic nitrogens is 2. The number of nitrogens with zero attached hydrogens (tertiary/aromatic N) is 1. The highest BCUT2D eigenvalue weighted by atomic mass is 35.5. The van der Waals surface area contributed by atoms with E-state index in [0.717, 1.165) is 10.6 Å². The Kier molecular flexibility index (Phi) is 4.10. The van der Waals surface area contributed by atoms with Crippen molar-refractivity contribution in [3.05, 3.63) is 56.6 Å². The van der Waals surface area contributed by atoms with E-state index in [1.165, 1.54) is 18.0 Å². The zero-order valence-electron chi connectivity index (χ0n) is 8.61. The van der Waals surface area contributed by atoms with Crippen molar-refractivity contribution < 1.29 is 0 Å². The Morgan fingerprint density at radius 1 is 1.24 bits per heavy atom. The zero-order valence-corrected chi connectivity index (χ0v) is 10.9. The van der Waals surface area contributed by atoms with Crippen molar-refractivity contribution in [2.75, 3.05) is 0 Å². The topological polar surface area (TPSA) is 45.8 Å². The molecule has 0 radical (unpaired) electrons. The summed E-state index contributed by atoms with van der Waals surface area (Å²) in [5.74, 6) is 0.705. The van der Waals surface area contributed by atoms with Gasteiger partial charge in [0.2, 0.25) is 0 Å². The fourth-order valence-corrected chi connectivity index (χ4v) is 2.37. The van der Waals surface area contributed by atoms with E-state index in [1.54, 1.807) is 12.1 Å². The predicted molar refractivity (Wildman–Crippen MR) is 70.9 cm³/mol. The van der Waals surface area contributed by atoms with Crippen molar-refractivity contribution in [1.29, 1.82) is 0 Å². The fourth-order valence-electron chi connectivity index (χ4n) is 1.23. The SMILES string of the molecule is O=c1nccc(SCc2ccc(Cl)c(Cl)c2)[nH]1. The molecule has 1 aromatic carbocycles. The van der Waals surface area contributed by atoms with E-state index in [2.05, 4.69) is 9.97 Å². The normalized spacial score (nSPS) is 10.5. The number of hydrogen-bond donors (Lipinski definition) is 1. The molecule has 1 N–H and O–H groups in total. The summed E-state index contributed by atoms with van der Waals surface area (Å²) in [5.41, 5.74) is 0.700. The molecule has 6 heteroatoms. The lowest BCUT2D eigenvalue weighted by molar-refractivity contribution is 0.978. The van der Waals surface area contributed by atoms with Crippen molar-refractivity contribution in [1.82, 2.24) is 9.97 Å². The Morgan fingerprint density at radius 2 is 2.06 bits per heavy atom. The fraction of sp³-hybridized carbons (Fsp3) is 0.0909. The Morgan fingerprint density at radius 3 is 2.76 bits per heavy atom. The minimum atomic E-state index is -0.343. The van der Waals surface area contributed by atoms with E-state index in [1.807, 2.05) is 12.1 Å². The monoisotopic (exact) mass is 286 g/mol. The van der Waals surface area contributed by atoms with Crippen LogP contribution in [0.25, 0.3) is 0 Å². The quantitative estimate of drug-likeness (QED) is 0.695. The molecule has 0 aliphatic rings. The van der Waals surface area contributed by atoms with Gasteiger partial charge >= 0.3 is 5.69 Å². The largest absolute Gasteiger partial charge is 0.345 e. The van der Waals surface area contributed by atoms with Gasteiger partial charge in [-0.25, -0.2) is 9.78 Å². The van der Waals surface area contributed by atoms with Gasteiger partial charge in [0.1, 0.15) is 0 Å². The number of halogens is 2. The van der Waals surface area contributed by atoms with Crippen LogP contribution in [0.5, 0.6) is 0 Å². The van der Waals surface area contributed by atoms with E-state index in [0.29, 0.717) is 15.8 Å². The second-order valence-electron chi connectivity index (χ2n) is 3.28. The maximum Gasteiger partial charge on any atom is 0.345 e. The highest BCUT2D eigenvalue weighted by Crippen LogP contribution is 2.26. The maximum atomic E-state index is 11.0. The van der Waals surface area contributed by atoms with E-state index in [9.17, 15) is 4.79 Å². The summed E-state index contributed by atoms with van der Waals surface area (Å²) in [6.45, 7) is 0. The molecule has 0 aliphatic carbocycles. The Labute approximate surface area is 112 Å². The van der Waals surface area contributed by atoms with Crippen LogP contribution >= 0.6 is 35.0 Å². The molecule has 0 amide bonds. The number of H-pyrrole nitrogens is 1. The van der Waals surface area contributed by atoms with Crippen LogP contribution in [-0.2, 0) is 5.75 Å². The molecule has 2 aromatic rings. The summed E-state index contributed by atoms with van der Waals surface area (Å²) in [7, 11) is 0. The molecule has 1 aromatic heterocycles. The summed E-state index contributed by atoms with van der Waals surface area (Å²) in [6.07, 6.45) is 1.48. The number of hydrogen-bond acceptors (Lipinski definition) is 3. The lowest BCUT2D eigenvalue weighted by Crippen LogP contribution is -2.08. The molecule has 0 unspecified atom stereocenters.